The number of hydrogen-bond acceptors (Lipinski definition) is 8. The molecule has 1 atom stereocenters. The molecule has 3 heterocycles. The van der Waals surface area contributed by atoms with Crippen molar-refractivity contribution in [2.24, 2.45) is 0 Å². The molecule has 1 fully saturated rings. The Morgan fingerprint density at radius 1 is 1.06 bits per heavy atom. The first kappa shape index (κ1) is 20.7. The number of pyridine rings is 1. The van der Waals surface area contributed by atoms with E-state index >= 15 is 0 Å². The molecule has 1 aliphatic rings. The molecule has 0 aliphatic carbocycles. The van der Waals surface area contributed by atoms with Crippen LogP contribution in [0, 0.1) is 0 Å². The van der Waals surface area contributed by atoms with Crippen LogP contribution in [0.25, 0.3) is 0 Å². The summed E-state index contributed by atoms with van der Waals surface area (Å²) in [6.45, 7) is 1.14. The van der Waals surface area contributed by atoms with Gasteiger partial charge in [0.1, 0.15) is 6.10 Å². The van der Waals surface area contributed by atoms with Gasteiger partial charge in [-0.25, -0.2) is 28.1 Å². The van der Waals surface area contributed by atoms with Gasteiger partial charge >= 0.3 is 0 Å². The van der Waals surface area contributed by atoms with Crippen molar-refractivity contribution >= 4 is 27.6 Å². The predicted molar refractivity (Wildman–Crippen MR) is 111 cm³/mol. The molecule has 160 valence electrons. The van der Waals surface area contributed by atoms with Crippen LogP contribution in [-0.2, 0) is 14.8 Å². The van der Waals surface area contributed by atoms with Gasteiger partial charge in [-0.05, 0) is 36.4 Å². The second kappa shape index (κ2) is 9.06. The average Bonchev–Trinajstić information content (AvgIpc) is 3.28. The first-order chi connectivity index (χ1) is 15.0. The molecule has 1 aromatic carbocycles. The molecular weight excluding hydrogens is 422 g/mol. The van der Waals surface area contributed by atoms with Crippen molar-refractivity contribution in [2.45, 2.75) is 17.4 Å². The van der Waals surface area contributed by atoms with Gasteiger partial charge in [-0.15, -0.1) is 0 Å². The Bertz CT molecular complexity index is 1150. The number of hydrogen-bond donors (Lipinski definition) is 2. The summed E-state index contributed by atoms with van der Waals surface area (Å²) in [7, 11) is -3.85. The number of benzene rings is 1. The lowest BCUT2D eigenvalue weighted by Crippen LogP contribution is -2.17. The Morgan fingerprint density at radius 2 is 1.84 bits per heavy atom. The zero-order chi connectivity index (χ0) is 21.7. The van der Waals surface area contributed by atoms with Gasteiger partial charge in [0.15, 0.2) is 0 Å². The minimum Gasteiger partial charge on any atom is -0.472 e. The second-order valence-electron chi connectivity index (χ2n) is 6.64. The standard InChI is InChI=1S/C20H19N5O5S/c26-19(14-6-10-21-18(12-14)30-16-7-11-29-13-16)24-15-2-4-17(5-3-15)31(27,28)25-20-22-8-1-9-23-20/h1-6,8-10,12,16H,7,11,13H2,(H,24,26)(H,22,23,25). The summed E-state index contributed by atoms with van der Waals surface area (Å²) < 4.78 is 38.1. The molecule has 3 aromatic rings. The summed E-state index contributed by atoms with van der Waals surface area (Å²) in [4.78, 5) is 24.4. The molecule has 0 bridgehead atoms. The predicted octanol–water partition coefficient (Wildman–Crippen LogP) is 2.09. The summed E-state index contributed by atoms with van der Waals surface area (Å²) in [6, 6.07) is 10.4. The quantitative estimate of drug-likeness (QED) is 0.570. The van der Waals surface area contributed by atoms with Crippen LogP contribution in [0.3, 0.4) is 0 Å². The van der Waals surface area contributed by atoms with E-state index < -0.39 is 10.0 Å². The van der Waals surface area contributed by atoms with Crippen molar-refractivity contribution in [3.8, 4) is 5.88 Å². The monoisotopic (exact) mass is 441 g/mol. The zero-order valence-corrected chi connectivity index (χ0v) is 17.1. The first-order valence-corrected chi connectivity index (χ1v) is 10.9. The number of rotatable bonds is 7. The fourth-order valence-corrected chi connectivity index (χ4v) is 3.80. The van der Waals surface area contributed by atoms with Crippen molar-refractivity contribution in [1.29, 1.82) is 0 Å². The van der Waals surface area contributed by atoms with Crippen LogP contribution in [0.1, 0.15) is 16.8 Å². The Labute approximate surface area is 178 Å². The van der Waals surface area contributed by atoms with E-state index in [0.29, 0.717) is 30.3 Å². The van der Waals surface area contributed by atoms with Gasteiger partial charge in [0, 0.05) is 42.3 Å². The lowest BCUT2D eigenvalue weighted by Gasteiger charge is -2.12. The Hall–Kier alpha value is -3.57. The molecule has 1 amide bonds. The normalized spacial score (nSPS) is 15.9. The lowest BCUT2D eigenvalue weighted by atomic mass is 10.2. The van der Waals surface area contributed by atoms with Gasteiger partial charge in [0.05, 0.1) is 18.1 Å². The number of ether oxygens (including phenoxy) is 2. The van der Waals surface area contributed by atoms with Crippen LogP contribution in [0.4, 0.5) is 11.6 Å². The SMILES string of the molecule is O=C(Nc1ccc(S(=O)(=O)Nc2ncccn2)cc1)c1ccnc(OC2CCOC2)c1. The molecule has 31 heavy (non-hydrogen) atoms. The molecule has 0 radical (unpaired) electrons. The van der Waals surface area contributed by atoms with Crippen molar-refractivity contribution in [3.63, 3.8) is 0 Å². The first-order valence-electron chi connectivity index (χ1n) is 9.41. The van der Waals surface area contributed by atoms with E-state index in [1.54, 1.807) is 18.2 Å². The fraction of sp³-hybridized carbons (Fsp3) is 0.200. The number of carbonyl (C=O) groups is 1. The van der Waals surface area contributed by atoms with Crippen molar-refractivity contribution < 1.29 is 22.7 Å². The molecule has 1 aliphatic heterocycles. The molecule has 11 heteroatoms. The minimum absolute atomic E-state index is 0.0105. The van der Waals surface area contributed by atoms with Gasteiger partial charge in [0.2, 0.25) is 11.8 Å². The highest BCUT2D eigenvalue weighted by atomic mass is 32.2. The van der Waals surface area contributed by atoms with E-state index in [1.165, 1.54) is 42.9 Å². The summed E-state index contributed by atoms with van der Waals surface area (Å²) in [5, 5.41) is 2.72. The average molecular weight is 441 g/mol. The van der Waals surface area contributed by atoms with Crippen LogP contribution in [0.2, 0.25) is 0 Å². The summed E-state index contributed by atoms with van der Waals surface area (Å²) >= 11 is 0. The van der Waals surface area contributed by atoms with E-state index in [9.17, 15) is 13.2 Å². The van der Waals surface area contributed by atoms with E-state index in [1.807, 2.05) is 0 Å². The van der Waals surface area contributed by atoms with E-state index in [0.717, 1.165) is 6.42 Å². The largest absolute Gasteiger partial charge is 0.472 e. The summed E-state index contributed by atoms with van der Waals surface area (Å²) in [5.74, 6) is -0.0557. The summed E-state index contributed by atoms with van der Waals surface area (Å²) in [5.41, 5.74) is 0.798. The maximum atomic E-state index is 12.6. The molecular formula is C20H19N5O5S. The molecule has 1 saturated heterocycles. The van der Waals surface area contributed by atoms with Gasteiger partial charge < -0.3 is 14.8 Å². The lowest BCUT2D eigenvalue weighted by molar-refractivity contribution is 0.102. The minimum atomic E-state index is -3.85. The van der Waals surface area contributed by atoms with Crippen molar-refractivity contribution in [3.05, 3.63) is 66.6 Å². The molecule has 4 rings (SSSR count). The topological polar surface area (TPSA) is 132 Å². The zero-order valence-electron chi connectivity index (χ0n) is 16.3. The Balaban J connectivity index is 1.41. The molecule has 0 spiro atoms. The number of nitrogens with zero attached hydrogens (tertiary/aromatic N) is 3. The number of sulfonamides is 1. The van der Waals surface area contributed by atoms with Crippen molar-refractivity contribution in [2.75, 3.05) is 23.3 Å². The third kappa shape index (κ3) is 5.32. The van der Waals surface area contributed by atoms with Crippen molar-refractivity contribution in [1.82, 2.24) is 15.0 Å². The van der Waals surface area contributed by atoms with E-state index in [2.05, 4.69) is 25.0 Å². The van der Waals surface area contributed by atoms with E-state index in [4.69, 9.17) is 9.47 Å². The number of carbonyl (C=O) groups excluding carboxylic acids is 1. The van der Waals surface area contributed by atoms with Crippen LogP contribution < -0.4 is 14.8 Å². The maximum Gasteiger partial charge on any atom is 0.264 e. The van der Waals surface area contributed by atoms with Crippen LogP contribution in [-0.4, -0.2) is 48.6 Å². The molecule has 2 aromatic heterocycles. The smallest absolute Gasteiger partial charge is 0.264 e. The highest BCUT2D eigenvalue weighted by Gasteiger charge is 2.19. The van der Waals surface area contributed by atoms with Crippen LogP contribution in [0.5, 0.6) is 5.88 Å². The third-order valence-electron chi connectivity index (χ3n) is 4.39. The Morgan fingerprint density at radius 3 is 2.55 bits per heavy atom. The second-order valence-corrected chi connectivity index (χ2v) is 8.33. The highest BCUT2D eigenvalue weighted by Crippen LogP contribution is 2.19. The molecule has 10 nitrogen and oxygen atoms in total. The van der Waals surface area contributed by atoms with Gasteiger partial charge in [-0.1, -0.05) is 0 Å². The van der Waals surface area contributed by atoms with Gasteiger partial charge in [-0.2, -0.15) is 0 Å². The molecule has 2 N–H and O–H groups in total. The number of nitrogens with one attached hydrogen (secondary N) is 2. The summed E-state index contributed by atoms with van der Waals surface area (Å²) in [6.07, 6.45) is 5.06. The number of aromatic nitrogens is 3. The Kier molecular flexibility index (Phi) is 6.05. The van der Waals surface area contributed by atoms with Crippen LogP contribution in [0.15, 0.2) is 66.0 Å². The maximum absolute atomic E-state index is 12.6. The fourth-order valence-electron chi connectivity index (χ4n) is 2.84. The number of anilines is 2. The number of amides is 1. The molecule has 0 saturated carbocycles. The molecule has 1 unspecified atom stereocenters. The van der Waals surface area contributed by atoms with Gasteiger partial charge in [0.25, 0.3) is 15.9 Å². The third-order valence-corrected chi connectivity index (χ3v) is 5.73. The highest BCUT2D eigenvalue weighted by molar-refractivity contribution is 7.92. The van der Waals surface area contributed by atoms with Gasteiger partial charge in [-0.3, -0.25) is 4.79 Å². The van der Waals surface area contributed by atoms with E-state index in [-0.39, 0.29) is 22.9 Å². The van der Waals surface area contributed by atoms with Crippen LogP contribution >= 0.6 is 0 Å².